The topological polar surface area (TPSA) is 83.5 Å². The van der Waals surface area contributed by atoms with Crippen LogP contribution in [0.25, 0.3) is 11.2 Å². The molecule has 6 nitrogen and oxygen atoms in total. The molecule has 2 heterocycles. The SMILES string of the molecule is O=c1[nH]c(=O)n(CCCCCF)c2nc(Cl)[nH]c12. The Kier molecular flexibility index (Phi) is 3.81. The third kappa shape index (κ3) is 2.45. The summed E-state index contributed by atoms with van der Waals surface area (Å²) in [4.78, 5) is 31.8. The van der Waals surface area contributed by atoms with Gasteiger partial charge in [0.2, 0.25) is 5.28 Å². The van der Waals surface area contributed by atoms with E-state index in [1.54, 1.807) is 0 Å². The van der Waals surface area contributed by atoms with Crippen molar-refractivity contribution in [3.05, 3.63) is 26.1 Å². The maximum absolute atomic E-state index is 12.0. The average molecular weight is 275 g/mol. The van der Waals surface area contributed by atoms with Crippen molar-refractivity contribution in [2.45, 2.75) is 25.8 Å². The normalized spacial score (nSPS) is 11.2. The average Bonchev–Trinajstić information content (AvgIpc) is 2.70. The molecule has 2 rings (SSSR count). The molecule has 18 heavy (non-hydrogen) atoms. The van der Waals surface area contributed by atoms with Crippen LogP contribution in [-0.2, 0) is 6.54 Å². The molecule has 0 fully saturated rings. The van der Waals surface area contributed by atoms with Crippen molar-refractivity contribution in [3.63, 3.8) is 0 Å². The highest BCUT2D eigenvalue weighted by Gasteiger charge is 2.11. The maximum atomic E-state index is 12.0. The minimum Gasteiger partial charge on any atom is -0.323 e. The van der Waals surface area contributed by atoms with Gasteiger partial charge in [0.25, 0.3) is 5.56 Å². The number of aryl methyl sites for hydroxylation is 1. The monoisotopic (exact) mass is 274 g/mol. The molecule has 0 bridgehead atoms. The highest BCUT2D eigenvalue weighted by molar-refractivity contribution is 6.28. The summed E-state index contributed by atoms with van der Waals surface area (Å²) in [5.41, 5.74) is -0.676. The molecule has 0 saturated carbocycles. The molecular formula is C10H12ClFN4O2. The van der Waals surface area contributed by atoms with Crippen LogP contribution in [0, 0.1) is 0 Å². The lowest BCUT2D eigenvalue weighted by Gasteiger charge is -2.04. The molecule has 0 saturated heterocycles. The number of rotatable bonds is 5. The Morgan fingerprint density at radius 1 is 1.22 bits per heavy atom. The number of H-pyrrole nitrogens is 2. The Labute approximate surface area is 106 Å². The lowest BCUT2D eigenvalue weighted by atomic mass is 10.2. The number of hydrogen-bond donors (Lipinski definition) is 2. The molecule has 0 atom stereocenters. The predicted molar refractivity (Wildman–Crippen MR) is 65.8 cm³/mol. The van der Waals surface area contributed by atoms with Crippen molar-refractivity contribution in [2.24, 2.45) is 0 Å². The van der Waals surface area contributed by atoms with Gasteiger partial charge in [-0.15, -0.1) is 0 Å². The van der Waals surface area contributed by atoms with Crippen LogP contribution in [0.4, 0.5) is 4.39 Å². The maximum Gasteiger partial charge on any atom is 0.330 e. The van der Waals surface area contributed by atoms with Gasteiger partial charge >= 0.3 is 5.69 Å². The summed E-state index contributed by atoms with van der Waals surface area (Å²) in [5.74, 6) is 0. The first-order valence-corrected chi connectivity index (χ1v) is 5.95. The molecule has 98 valence electrons. The van der Waals surface area contributed by atoms with Crippen LogP contribution >= 0.6 is 11.6 Å². The number of aromatic nitrogens is 4. The van der Waals surface area contributed by atoms with E-state index in [1.807, 2.05) is 0 Å². The first kappa shape index (κ1) is 12.8. The molecule has 2 aromatic rings. The largest absolute Gasteiger partial charge is 0.330 e. The van der Waals surface area contributed by atoms with Crippen LogP contribution in [0.1, 0.15) is 19.3 Å². The quantitative estimate of drug-likeness (QED) is 0.635. The van der Waals surface area contributed by atoms with Gasteiger partial charge in [-0.3, -0.25) is 18.7 Å². The van der Waals surface area contributed by atoms with E-state index in [4.69, 9.17) is 11.6 Å². The van der Waals surface area contributed by atoms with Crippen LogP contribution in [0.15, 0.2) is 9.59 Å². The summed E-state index contributed by atoms with van der Waals surface area (Å²) < 4.78 is 13.3. The van der Waals surface area contributed by atoms with Gasteiger partial charge in [0.05, 0.1) is 6.67 Å². The van der Waals surface area contributed by atoms with Gasteiger partial charge in [0.15, 0.2) is 11.2 Å². The third-order valence-electron chi connectivity index (χ3n) is 2.62. The second-order valence-electron chi connectivity index (χ2n) is 3.89. The number of nitrogens with zero attached hydrogens (tertiary/aromatic N) is 2. The zero-order valence-electron chi connectivity index (χ0n) is 9.50. The Bertz CT molecular complexity index is 660. The Morgan fingerprint density at radius 2 is 2.00 bits per heavy atom. The van der Waals surface area contributed by atoms with Gasteiger partial charge in [-0.1, -0.05) is 0 Å². The second kappa shape index (κ2) is 5.34. The van der Waals surface area contributed by atoms with E-state index >= 15 is 0 Å². The lowest BCUT2D eigenvalue weighted by molar-refractivity contribution is 0.447. The summed E-state index contributed by atoms with van der Waals surface area (Å²) >= 11 is 5.68. The number of aromatic amines is 2. The predicted octanol–water partition coefficient (Wildman–Crippen LogP) is 1.21. The molecule has 0 amide bonds. The van der Waals surface area contributed by atoms with Crippen LogP contribution in [-0.4, -0.2) is 26.2 Å². The van der Waals surface area contributed by atoms with Crippen molar-refractivity contribution >= 4 is 22.8 Å². The number of nitrogens with one attached hydrogen (secondary N) is 2. The molecule has 0 aliphatic rings. The van der Waals surface area contributed by atoms with E-state index < -0.39 is 11.2 Å². The van der Waals surface area contributed by atoms with Gasteiger partial charge in [0, 0.05) is 6.54 Å². The van der Waals surface area contributed by atoms with Crippen molar-refractivity contribution in [1.82, 2.24) is 19.5 Å². The smallest absolute Gasteiger partial charge is 0.323 e. The van der Waals surface area contributed by atoms with Crippen molar-refractivity contribution in [2.75, 3.05) is 6.67 Å². The molecular weight excluding hydrogens is 263 g/mol. The standard InChI is InChI=1S/C10H12ClFN4O2/c11-9-13-6-7(14-9)16(5-3-1-2-4-12)10(18)15-8(6)17/h1-5H2,(H,13,14)(H,15,17,18). The summed E-state index contributed by atoms with van der Waals surface area (Å²) in [5, 5.41) is 0.0543. The fourth-order valence-corrected chi connectivity index (χ4v) is 1.94. The molecule has 0 aliphatic carbocycles. The highest BCUT2D eigenvalue weighted by atomic mass is 35.5. The minimum absolute atomic E-state index is 0.0543. The first-order chi connectivity index (χ1) is 8.63. The third-order valence-corrected chi connectivity index (χ3v) is 2.80. The van der Waals surface area contributed by atoms with Gasteiger partial charge in [-0.05, 0) is 30.9 Å². The van der Waals surface area contributed by atoms with Gasteiger partial charge in [0.1, 0.15) is 0 Å². The summed E-state index contributed by atoms with van der Waals surface area (Å²) in [7, 11) is 0. The molecule has 0 spiro atoms. The van der Waals surface area contributed by atoms with Crippen LogP contribution in [0.2, 0.25) is 5.28 Å². The summed E-state index contributed by atoms with van der Waals surface area (Å²) in [6.45, 7) is -0.00252. The minimum atomic E-state index is -0.547. The molecule has 0 unspecified atom stereocenters. The number of halogens is 2. The number of hydrogen-bond acceptors (Lipinski definition) is 3. The van der Waals surface area contributed by atoms with E-state index in [1.165, 1.54) is 4.57 Å². The fourth-order valence-electron chi connectivity index (χ4n) is 1.76. The van der Waals surface area contributed by atoms with Crippen LogP contribution in [0.5, 0.6) is 0 Å². The van der Waals surface area contributed by atoms with Gasteiger partial charge in [-0.2, -0.15) is 4.98 Å². The number of fused-ring (bicyclic) bond motifs is 1. The van der Waals surface area contributed by atoms with Gasteiger partial charge in [-0.25, -0.2) is 4.79 Å². The molecule has 8 heteroatoms. The highest BCUT2D eigenvalue weighted by Crippen LogP contribution is 2.09. The van der Waals surface area contributed by atoms with Crippen molar-refractivity contribution in [3.8, 4) is 0 Å². The summed E-state index contributed by atoms with van der Waals surface area (Å²) in [6.07, 6.45) is 1.76. The zero-order chi connectivity index (χ0) is 13.1. The molecule has 2 N–H and O–H groups in total. The van der Waals surface area contributed by atoms with Crippen LogP contribution in [0.3, 0.4) is 0 Å². The van der Waals surface area contributed by atoms with E-state index in [-0.39, 0.29) is 23.1 Å². The first-order valence-electron chi connectivity index (χ1n) is 5.58. The fraction of sp³-hybridized carbons (Fsp3) is 0.500. The molecule has 0 aliphatic heterocycles. The Balaban J connectivity index is 2.37. The molecule has 0 aromatic carbocycles. The second-order valence-corrected chi connectivity index (χ2v) is 4.24. The molecule has 2 aromatic heterocycles. The molecule has 0 radical (unpaired) electrons. The summed E-state index contributed by atoms with van der Waals surface area (Å²) in [6, 6.07) is 0. The van der Waals surface area contributed by atoms with E-state index in [9.17, 15) is 14.0 Å². The zero-order valence-corrected chi connectivity index (χ0v) is 10.3. The van der Waals surface area contributed by atoms with Gasteiger partial charge < -0.3 is 4.98 Å². The number of imidazole rings is 1. The number of unbranched alkanes of at least 4 members (excludes halogenated alkanes) is 2. The van der Waals surface area contributed by atoms with E-state index in [0.717, 1.165) is 0 Å². The van der Waals surface area contributed by atoms with E-state index in [0.29, 0.717) is 25.8 Å². The van der Waals surface area contributed by atoms with Crippen molar-refractivity contribution < 1.29 is 4.39 Å². The lowest BCUT2D eigenvalue weighted by Crippen LogP contribution is -2.30. The van der Waals surface area contributed by atoms with Crippen LogP contribution < -0.4 is 11.2 Å². The Hall–Kier alpha value is -1.63. The Morgan fingerprint density at radius 3 is 2.72 bits per heavy atom. The van der Waals surface area contributed by atoms with E-state index in [2.05, 4.69) is 15.0 Å². The van der Waals surface area contributed by atoms with Crippen molar-refractivity contribution in [1.29, 1.82) is 0 Å². The number of alkyl halides is 1.